The minimum absolute atomic E-state index is 0.0611. The summed E-state index contributed by atoms with van der Waals surface area (Å²) in [6.45, 7) is 1.48. The van der Waals surface area contributed by atoms with Gasteiger partial charge in [0.25, 0.3) is 0 Å². The highest BCUT2D eigenvalue weighted by molar-refractivity contribution is 6.31. The number of aryl methyl sites for hydroxylation is 1. The van der Waals surface area contributed by atoms with Gasteiger partial charge in [-0.15, -0.1) is 0 Å². The Balaban J connectivity index is 1.59. The minimum Gasteiger partial charge on any atom is -0.352 e. The topological polar surface area (TPSA) is 58.2 Å². The molecule has 0 aromatic heterocycles. The van der Waals surface area contributed by atoms with Gasteiger partial charge in [0.15, 0.2) is 0 Å². The Morgan fingerprint density at radius 3 is 2.88 bits per heavy atom. The van der Waals surface area contributed by atoms with Gasteiger partial charge in [-0.3, -0.25) is 9.59 Å². The highest BCUT2D eigenvalue weighted by atomic mass is 35.5. The predicted octanol–water partition coefficient (Wildman–Crippen LogP) is 3.69. The number of rotatable bonds is 3. The maximum atomic E-state index is 12.7. The van der Waals surface area contributed by atoms with Crippen molar-refractivity contribution in [3.63, 3.8) is 0 Å². The van der Waals surface area contributed by atoms with E-state index in [2.05, 4.69) is 22.8 Å². The van der Waals surface area contributed by atoms with Crippen molar-refractivity contribution in [3.05, 3.63) is 64.2 Å². The normalized spacial score (nSPS) is 23.8. The Bertz CT molecular complexity index is 880. The van der Waals surface area contributed by atoms with Crippen molar-refractivity contribution in [2.24, 2.45) is 5.92 Å². The molecule has 2 aliphatic rings. The molecule has 5 heteroatoms. The van der Waals surface area contributed by atoms with E-state index in [0.717, 1.165) is 24.1 Å². The van der Waals surface area contributed by atoms with Gasteiger partial charge in [0.2, 0.25) is 11.8 Å². The predicted molar refractivity (Wildman–Crippen MR) is 102 cm³/mol. The van der Waals surface area contributed by atoms with Crippen LogP contribution < -0.4 is 10.6 Å². The number of halogens is 1. The van der Waals surface area contributed by atoms with Crippen molar-refractivity contribution in [1.82, 2.24) is 5.32 Å². The van der Waals surface area contributed by atoms with Gasteiger partial charge in [-0.2, -0.15) is 0 Å². The van der Waals surface area contributed by atoms with Gasteiger partial charge in [-0.05, 0) is 60.1 Å². The lowest BCUT2D eigenvalue weighted by Crippen LogP contribution is -2.32. The summed E-state index contributed by atoms with van der Waals surface area (Å²) in [5.74, 6) is 0.206. The lowest BCUT2D eigenvalue weighted by molar-refractivity contribution is -0.121. The van der Waals surface area contributed by atoms with E-state index >= 15 is 0 Å². The molecule has 134 valence electrons. The number of benzene rings is 2. The molecular formula is C21H21ClN2O2. The summed E-state index contributed by atoms with van der Waals surface area (Å²) >= 11 is 6.38. The van der Waals surface area contributed by atoms with Gasteiger partial charge in [0.05, 0.1) is 5.92 Å². The van der Waals surface area contributed by atoms with Crippen LogP contribution in [0, 0.1) is 5.92 Å². The summed E-state index contributed by atoms with van der Waals surface area (Å²) in [6.07, 6.45) is 2.66. The molecule has 1 aliphatic carbocycles. The van der Waals surface area contributed by atoms with Crippen LogP contribution in [0.5, 0.6) is 0 Å². The molecule has 1 aliphatic heterocycles. The highest BCUT2D eigenvalue weighted by Gasteiger charge is 2.45. The first-order valence-corrected chi connectivity index (χ1v) is 9.35. The SMILES string of the molecule is CC(=O)Nc1ccc(Cl)c(CC2NC(=O)C3c4ccccc4CCC23)c1. The number of hydrogen-bond donors (Lipinski definition) is 2. The summed E-state index contributed by atoms with van der Waals surface area (Å²) in [7, 11) is 0. The molecule has 1 fully saturated rings. The van der Waals surface area contributed by atoms with Gasteiger partial charge in [-0.25, -0.2) is 0 Å². The van der Waals surface area contributed by atoms with Crippen molar-refractivity contribution >= 4 is 29.1 Å². The molecule has 2 aromatic rings. The number of carbonyl (C=O) groups is 2. The number of amides is 2. The Morgan fingerprint density at radius 1 is 1.27 bits per heavy atom. The number of fused-ring (bicyclic) bond motifs is 3. The molecule has 0 saturated carbocycles. The van der Waals surface area contributed by atoms with Crippen LogP contribution in [0.3, 0.4) is 0 Å². The van der Waals surface area contributed by atoms with E-state index in [1.807, 2.05) is 18.2 Å². The van der Waals surface area contributed by atoms with Crippen LogP contribution in [-0.4, -0.2) is 17.9 Å². The minimum atomic E-state index is -0.114. The molecule has 2 amide bonds. The van der Waals surface area contributed by atoms with Gasteiger partial charge in [0.1, 0.15) is 0 Å². The Hall–Kier alpha value is -2.33. The van der Waals surface area contributed by atoms with E-state index in [0.29, 0.717) is 11.4 Å². The Morgan fingerprint density at radius 2 is 2.08 bits per heavy atom. The Kier molecular flexibility index (Phi) is 4.45. The summed E-state index contributed by atoms with van der Waals surface area (Å²) in [5.41, 5.74) is 4.13. The van der Waals surface area contributed by atoms with E-state index < -0.39 is 0 Å². The number of nitrogens with one attached hydrogen (secondary N) is 2. The maximum Gasteiger partial charge on any atom is 0.228 e. The second kappa shape index (κ2) is 6.76. The molecule has 4 rings (SSSR count). The summed E-state index contributed by atoms with van der Waals surface area (Å²) in [6, 6.07) is 13.8. The van der Waals surface area contributed by atoms with E-state index in [1.54, 1.807) is 12.1 Å². The van der Waals surface area contributed by atoms with Gasteiger partial charge in [0, 0.05) is 23.7 Å². The number of carbonyl (C=O) groups excluding carboxylic acids is 2. The van der Waals surface area contributed by atoms with Crippen molar-refractivity contribution < 1.29 is 9.59 Å². The first-order chi connectivity index (χ1) is 12.5. The second-order valence-corrected chi connectivity index (χ2v) is 7.59. The van der Waals surface area contributed by atoms with Gasteiger partial charge < -0.3 is 10.6 Å². The summed E-state index contributed by atoms with van der Waals surface area (Å²) < 4.78 is 0. The first kappa shape index (κ1) is 17.1. The van der Waals surface area contributed by atoms with Crippen molar-refractivity contribution in [3.8, 4) is 0 Å². The fourth-order valence-electron chi connectivity index (χ4n) is 4.38. The smallest absolute Gasteiger partial charge is 0.228 e. The van der Waals surface area contributed by atoms with Crippen molar-refractivity contribution in [2.75, 3.05) is 5.32 Å². The summed E-state index contributed by atoms with van der Waals surface area (Å²) in [4.78, 5) is 24.0. The zero-order chi connectivity index (χ0) is 18.3. The number of hydrogen-bond acceptors (Lipinski definition) is 2. The molecule has 2 aromatic carbocycles. The fourth-order valence-corrected chi connectivity index (χ4v) is 4.58. The molecular weight excluding hydrogens is 348 g/mol. The zero-order valence-corrected chi connectivity index (χ0v) is 15.3. The van der Waals surface area contributed by atoms with Crippen LogP contribution in [0.2, 0.25) is 5.02 Å². The third-order valence-corrected chi connectivity index (χ3v) is 5.87. The van der Waals surface area contributed by atoms with Gasteiger partial charge >= 0.3 is 0 Å². The van der Waals surface area contributed by atoms with Crippen LogP contribution in [-0.2, 0) is 22.4 Å². The van der Waals surface area contributed by atoms with Crippen LogP contribution in [0.15, 0.2) is 42.5 Å². The molecule has 1 heterocycles. The van der Waals surface area contributed by atoms with E-state index in [4.69, 9.17) is 11.6 Å². The van der Waals surface area contributed by atoms with Crippen LogP contribution in [0.25, 0.3) is 0 Å². The monoisotopic (exact) mass is 368 g/mol. The molecule has 4 nitrogen and oxygen atoms in total. The third-order valence-electron chi connectivity index (χ3n) is 5.50. The Labute approximate surface area is 157 Å². The maximum absolute atomic E-state index is 12.7. The zero-order valence-electron chi connectivity index (χ0n) is 14.6. The van der Waals surface area contributed by atoms with Crippen LogP contribution >= 0.6 is 11.6 Å². The van der Waals surface area contributed by atoms with E-state index in [9.17, 15) is 9.59 Å². The van der Waals surface area contributed by atoms with Crippen molar-refractivity contribution in [2.45, 2.75) is 38.1 Å². The first-order valence-electron chi connectivity index (χ1n) is 8.97. The largest absolute Gasteiger partial charge is 0.352 e. The lowest BCUT2D eigenvalue weighted by Gasteiger charge is -2.29. The van der Waals surface area contributed by atoms with Crippen LogP contribution in [0.1, 0.15) is 36.0 Å². The molecule has 26 heavy (non-hydrogen) atoms. The lowest BCUT2D eigenvalue weighted by atomic mass is 9.73. The molecule has 2 N–H and O–H groups in total. The molecule has 3 unspecified atom stereocenters. The highest BCUT2D eigenvalue weighted by Crippen LogP contribution is 2.43. The molecule has 0 spiro atoms. The third kappa shape index (κ3) is 3.10. The quantitative estimate of drug-likeness (QED) is 0.868. The van der Waals surface area contributed by atoms with E-state index in [-0.39, 0.29) is 29.7 Å². The fraction of sp³-hybridized carbons (Fsp3) is 0.333. The average molecular weight is 369 g/mol. The van der Waals surface area contributed by atoms with Crippen molar-refractivity contribution in [1.29, 1.82) is 0 Å². The average Bonchev–Trinajstić information content (AvgIpc) is 2.93. The summed E-state index contributed by atoms with van der Waals surface area (Å²) in [5, 5.41) is 6.64. The molecule has 0 radical (unpaired) electrons. The van der Waals surface area contributed by atoms with Crippen LogP contribution in [0.4, 0.5) is 5.69 Å². The second-order valence-electron chi connectivity index (χ2n) is 7.19. The molecule has 1 saturated heterocycles. The van der Waals surface area contributed by atoms with Gasteiger partial charge in [-0.1, -0.05) is 35.9 Å². The van der Waals surface area contributed by atoms with E-state index in [1.165, 1.54) is 18.1 Å². The number of anilines is 1. The molecule has 0 bridgehead atoms. The molecule has 3 atom stereocenters. The standard InChI is InChI=1S/C21H21ClN2O2/c1-12(25)23-15-7-9-18(22)14(10-15)11-19-17-8-6-13-4-2-3-5-16(13)20(17)21(26)24-19/h2-5,7,9-10,17,19-20H,6,8,11H2,1H3,(H,23,25)(H,24,26).